The molecule has 0 atom stereocenters. The van der Waals surface area contributed by atoms with Gasteiger partial charge in [0.25, 0.3) is 0 Å². The molecule has 1 aliphatic rings. The maximum atomic E-state index is 5.72. The average molecular weight is 395 g/mol. The van der Waals surface area contributed by atoms with Crippen molar-refractivity contribution in [3.63, 3.8) is 0 Å². The van der Waals surface area contributed by atoms with E-state index >= 15 is 0 Å². The maximum absolute atomic E-state index is 5.72. The van der Waals surface area contributed by atoms with E-state index in [2.05, 4.69) is 71.6 Å². The van der Waals surface area contributed by atoms with Crippen LogP contribution in [0.3, 0.4) is 0 Å². The first kappa shape index (κ1) is 21.5. The van der Waals surface area contributed by atoms with Gasteiger partial charge in [0, 0.05) is 19.6 Å². The third kappa shape index (κ3) is 8.00. The minimum atomic E-state index is 0.663. The smallest absolute Gasteiger partial charge is 0.118 e. The van der Waals surface area contributed by atoms with Crippen molar-refractivity contribution in [2.45, 2.75) is 39.0 Å². The van der Waals surface area contributed by atoms with E-state index in [4.69, 9.17) is 9.57 Å². The Bertz CT molecular complexity index is 722. The number of oxime groups is 1. The van der Waals surface area contributed by atoms with E-state index in [9.17, 15) is 0 Å². The fraction of sp³-hybridized carbons (Fsp3) is 0.480. The molecule has 1 saturated heterocycles. The summed E-state index contributed by atoms with van der Waals surface area (Å²) in [5, 5.41) is 4.52. The average Bonchev–Trinajstić information content (AvgIpc) is 2.77. The first-order valence-corrected chi connectivity index (χ1v) is 10.9. The molecule has 0 bridgehead atoms. The Morgan fingerprint density at radius 3 is 2.48 bits per heavy atom. The highest BCUT2D eigenvalue weighted by Gasteiger charge is 2.09. The standard InChI is InChI=1S/C25H34N2O2/c1-22-12-14-24(15-13-22)25(11-6-5-10-23-8-3-2-4-9-23)26-29-19-7-16-27-17-20-28-21-18-27/h2-4,8-9,12-15H,5-7,10-11,16-21H2,1H3. The third-order valence-electron chi connectivity index (χ3n) is 5.35. The molecule has 2 aromatic carbocycles. The molecule has 1 aliphatic heterocycles. The minimum absolute atomic E-state index is 0.663. The van der Waals surface area contributed by atoms with Gasteiger partial charge in [0.1, 0.15) is 6.61 Å². The summed E-state index contributed by atoms with van der Waals surface area (Å²) in [6, 6.07) is 19.3. The van der Waals surface area contributed by atoms with E-state index in [1.165, 1.54) is 16.7 Å². The van der Waals surface area contributed by atoms with Crippen LogP contribution in [0.2, 0.25) is 0 Å². The maximum Gasteiger partial charge on any atom is 0.118 e. The van der Waals surface area contributed by atoms with Crippen LogP contribution >= 0.6 is 0 Å². The van der Waals surface area contributed by atoms with Gasteiger partial charge in [-0.2, -0.15) is 0 Å². The number of rotatable bonds is 11. The van der Waals surface area contributed by atoms with Crippen molar-refractivity contribution in [1.29, 1.82) is 0 Å². The van der Waals surface area contributed by atoms with Crippen LogP contribution in [0.4, 0.5) is 0 Å². The van der Waals surface area contributed by atoms with Crippen LogP contribution in [0.5, 0.6) is 0 Å². The highest BCUT2D eigenvalue weighted by atomic mass is 16.6. The molecule has 4 nitrogen and oxygen atoms in total. The predicted molar refractivity (Wildman–Crippen MR) is 120 cm³/mol. The number of benzene rings is 2. The van der Waals surface area contributed by atoms with E-state index in [0.717, 1.165) is 70.7 Å². The largest absolute Gasteiger partial charge is 0.396 e. The van der Waals surface area contributed by atoms with E-state index < -0.39 is 0 Å². The van der Waals surface area contributed by atoms with Gasteiger partial charge in [-0.1, -0.05) is 65.3 Å². The Morgan fingerprint density at radius 1 is 0.966 bits per heavy atom. The van der Waals surface area contributed by atoms with Gasteiger partial charge in [-0.25, -0.2) is 0 Å². The van der Waals surface area contributed by atoms with Gasteiger partial charge < -0.3 is 9.57 Å². The summed E-state index contributed by atoms with van der Waals surface area (Å²) in [5.74, 6) is 0. The van der Waals surface area contributed by atoms with Crippen molar-refractivity contribution >= 4 is 5.71 Å². The minimum Gasteiger partial charge on any atom is -0.396 e. The van der Waals surface area contributed by atoms with Crippen LogP contribution in [0, 0.1) is 6.92 Å². The molecule has 1 heterocycles. The molecule has 29 heavy (non-hydrogen) atoms. The van der Waals surface area contributed by atoms with E-state index in [0.29, 0.717) is 6.61 Å². The van der Waals surface area contributed by atoms with Crippen molar-refractivity contribution in [3.8, 4) is 0 Å². The van der Waals surface area contributed by atoms with Crippen LogP contribution in [0.15, 0.2) is 59.8 Å². The zero-order valence-corrected chi connectivity index (χ0v) is 17.7. The number of hydrogen-bond donors (Lipinski definition) is 0. The number of hydrogen-bond acceptors (Lipinski definition) is 4. The Balaban J connectivity index is 1.46. The van der Waals surface area contributed by atoms with Gasteiger partial charge in [0.15, 0.2) is 0 Å². The highest BCUT2D eigenvalue weighted by molar-refractivity contribution is 6.00. The van der Waals surface area contributed by atoms with Gasteiger partial charge in [-0.15, -0.1) is 0 Å². The Labute approximate surface area is 175 Å². The molecule has 0 aliphatic carbocycles. The van der Waals surface area contributed by atoms with Crippen LogP contribution in [0.1, 0.15) is 42.4 Å². The lowest BCUT2D eigenvalue weighted by Crippen LogP contribution is -2.37. The molecule has 0 saturated carbocycles. The monoisotopic (exact) mass is 394 g/mol. The molecule has 0 aromatic heterocycles. The van der Waals surface area contributed by atoms with E-state index in [1.807, 2.05) is 0 Å². The van der Waals surface area contributed by atoms with Gasteiger partial charge in [0.05, 0.1) is 18.9 Å². The zero-order valence-electron chi connectivity index (χ0n) is 17.7. The number of morpholine rings is 1. The Kier molecular flexibility index (Phi) is 9.21. The second-order valence-corrected chi connectivity index (χ2v) is 7.74. The summed E-state index contributed by atoms with van der Waals surface area (Å²) in [5.41, 5.74) is 4.90. The summed E-state index contributed by atoms with van der Waals surface area (Å²) in [7, 11) is 0. The van der Waals surface area contributed by atoms with E-state index in [-0.39, 0.29) is 0 Å². The zero-order chi connectivity index (χ0) is 20.2. The molecular formula is C25H34N2O2. The molecule has 0 spiro atoms. The van der Waals surface area contributed by atoms with Gasteiger partial charge >= 0.3 is 0 Å². The normalized spacial score (nSPS) is 15.4. The molecule has 4 heteroatoms. The topological polar surface area (TPSA) is 34.1 Å². The van der Waals surface area contributed by atoms with Crippen molar-refractivity contribution in [3.05, 3.63) is 71.3 Å². The lowest BCUT2D eigenvalue weighted by atomic mass is 10.0. The summed E-state index contributed by atoms with van der Waals surface area (Å²) in [6.07, 6.45) is 5.32. The van der Waals surface area contributed by atoms with Crippen molar-refractivity contribution in [2.75, 3.05) is 39.5 Å². The SMILES string of the molecule is Cc1ccc(C(CCCCc2ccccc2)=NOCCCN2CCOCC2)cc1. The molecule has 2 aromatic rings. The molecule has 0 amide bonds. The first-order chi connectivity index (χ1) is 14.3. The summed E-state index contributed by atoms with van der Waals surface area (Å²) in [4.78, 5) is 8.15. The fourth-order valence-electron chi connectivity index (χ4n) is 3.56. The lowest BCUT2D eigenvalue weighted by Gasteiger charge is -2.26. The Morgan fingerprint density at radius 2 is 1.72 bits per heavy atom. The number of ether oxygens (including phenoxy) is 1. The van der Waals surface area contributed by atoms with Crippen molar-refractivity contribution in [2.24, 2.45) is 5.16 Å². The molecule has 0 radical (unpaired) electrons. The molecule has 1 fully saturated rings. The van der Waals surface area contributed by atoms with Crippen LogP contribution in [0.25, 0.3) is 0 Å². The van der Waals surface area contributed by atoms with Crippen LogP contribution < -0.4 is 0 Å². The summed E-state index contributed by atoms with van der Waals surface area (Å²) in [6.45, 7) is 7.58. The fourth-order valence-corrected chi connectivity index (χ4v) is 3.56. The Hall–Kier alpha value is -2.17. The summed E-state index contributed by atoms with van der Waals surface area (Å²) < 4.78 is 5.40. The van der Waals surface area contributed by atoms with Gasteiger partial charge in [0.2, 0.25) is 0 Å². The number of aryl methyl sites for hydroxylation is 2. The third-order valence-corrected chi connectivity index (χ3v) is 5.35. The molecule has 0 N–H and O–H groups in total. The van der Waals surface area contributed by atoms with Crippen molar-refractivity contribution in [1.82, 2.24) is 4.90 Å². The quantitative estimate of drug-likeness (QED) is 0.310. The lowest BCUT2D eigenvalue weighted by molar-refractivity contribution is 0.0322. The van der Waals surface area contributed by atoms with E-state index in [1.54, 1.807) is 0 Å². The number of unbranched alkanes of at least 4 members (excludes halogenated alkanes) is 1. The van der Waals surface area contributed by atoms with Gasteiger partial charge in [-0.05, 0) is 50.2 Å². The van der Waals surface area contributed by atoms with Crippen LogP contribution in [-0.4, -0.2) is 50.1 Å². The van der Waals surface area contributed by atoms with Crippen LogP contribution in [-0.2, 0) is 16.0 Å². The molecule has 156 valence electrons. The predicted octanol–water partition coefficient (Wildman–Crippen LogP) is 4.85. The molecule has 0 unspecified atom stereocenters. The molecular weight excluding hydrogens is 360 g/mol. The first-order valence-electron chi connectivity index (χ1n) is 10.9. The second kappa shape index (κ2) is 12.4. The highest BCUT2D eigenvalue weighted by Crippen LogP contribution is 2.13. The molecule has 3 rings (SSSR count). The summed E-state index contributed by atoms with van der Waals surface area (Å²) >= 11 is 0. The second-order valence-electron chi connectivity index (χ2n) is 7.74. The van der Waals surface area contributed by atoms with Gasteiger partial charge in [-0.3, -0.25) is 4.90 Å². The number of nitrogens with zero attached hydrogens (tertiary/aromatic N) is 2. The van der Waals surface area contributed by atoms with Crippen molar-refractivity contribution < 1.29 is 9.57 Å².